The van der Waals surface area contributed by atoms with Crippen LogP contribution in [0.15, 0.2) is 6.33 Å². The van der Waals surface area contributed by atoms with E-state index in [4.69, 9.17) is 4.74 Å². The third-order valence-corrected chi connectivity index (χ3v) is 6.89. The van der Waals surface area contributed by atoms with Crippen LogP contribution in [-0.2, 0) is 27.8 Å². The Labute approximate surface area is 137 Å². The second-order valence-corrected chi connectivity index (χ2v) is 8.26. The van der Waals surface area contributed by atoms with Gasteiger partial charge in [0.15, 0.2) is 0 Å². The fourth-order valence-electron chi connectivity index (χ4n) is 3.29. The molecular formula is C14H25N5O3S. The van der Waals surface area contributed by atoms with Crippen LogP contribution in [0.5, 0.6) is 0 Å². The molecule has 3 heterocycles. The number of likely N-dealkylation sites (tertiary alicyclic amines) is 1. The Bertz CT molecular complexity index is 612. The number of nitrogens with zero attached hydrogens (tertiary/aromatic N) is 5. The van der Waals surface area contributed by atoms with Crippen LogP contribution in [0.3, 0.4) is 0 Å². The highest BCUT2D eigenvalue weighted by Crippen LogP contribution is 2.22. The van der Waals surface area contributed by atoms with Crippen molar-refractivity contribution in [3.8, 4) is 0 Å². The molecule has 2 aliphatic heterocycles. The minimum absolute atomic E-state index is 0.327. The van der Waals surface area contributed by atoms with Gasteiger partial charge in [0.2, 0.25) is 10.0 Å². The molecule has 1 atom stereocenters. The largest absolute Gasteiger partial charge is 0.379 e. The molecule has 23 heavy (non-hydrogen) atoms. The minimum Gasteiger partial charge on any atom is -0.379 e. The lowest BCUT2D eigenvalue weighted by molar-refractivity contribution is 0.0718. The molecule has 1 aromatic heterocycles. The molecule has 0 N–H and O–H groups in total. The van der Waals surface area contributed by atoms with Crippen molar-refractivity contribution in [2.45, 2.75) is 38.1 Å². The minimum atomic E-state index is -3.24. The zero-order valence-corrected chi connectivity index (χ0v) is 14.4. The monoisotopic (exact) mass is 343 g/mol. The molecule has 0 amide bonds. The van der Waals surface area contributed by atoms with Crippen LogP contribution < -0.4 is 0 Å². The third-order valence-electron chi connectivity index (χ3n) is 4.57. The summed E-state index contributed by atoms with van der Waals surface area (Å²) in [6.07, 6.45) is 3.19. The van der Waals surface area contributed by atoms with Gasteiger partial charge >= 0.3 is 0 Å². The Kier molecular flexibility index (Phi) is 5.30. The maximum Gasteiger partial charge on any atom is 0.218 e. The van der Waals surface area contributed by atoms with E-state index >= 15 is 0 Å². The van der Waals surface area contributed by atoms with Gasteiger partial charge in [0, 0.05) is 26.2 Å². The van der Waals surface area contributed by atoms with Gasteiger partial charge in [-0.1, -0.05) is 0 Å². The van der Waals surface area contributed by atoms with Gasteiger partial charge in [-0.05, 0) is 26.3 Å². The average Bonchev–Trinajstić information content (AvgIpc) is 3.03. The number of hydrogen-bond donors (Lipinski definition) is 0. The number of rotatable bonds is 5. The van der Waals surface area contributed by atoms with Gasteiger partial charge in [0.25, 0.3) is 0 Å². The van der Waals surface area contributed by atoms with Gasteiger partial charge in [0.1, 0.15) is 12.2 Å². The maximum absolute atomic E-state index is 12.8. The van der Waals surface area contributed by atoms with Crippen molar-refractivity contribution < 1.29 is 13.2 Å². The second kappa shape index (κ2) is 7.25. The Hall–Kier alpha value is -1.03. The van der Waals surface area contributed by atoms with Crippen LogP contribution >= 0.6 is 0 Å². The number of morpholine rings is 1. The highest BCUT2D eigenvalue weighted by atomic mass is 32.2. The van der Waals surface area contributed by atoms with Crippen molar-refractivity contribution in [1.82, 2.24) is 24.0 Å². The summed E-state index contributed by atoms with van der Waals surface area (Å²) < 4.78 is 34.4. The van der Waals surface area contributed by atoms with Crippen molar-refractivity contribution in [1.29, 1.82) is 0 Å². The first-order valence-corrected chi connectivity index (χ1v) is 9.77. The van der Waals surface area contributed by atoms with Crippen LogP contribution in [-0.4, -0.2) is 77.0 Å². The van der Waals surface area contributed by atoms with E-state index in [2.05, 4.69) is 15.0 Å². The third kappa shape index (κ3) is 3.73. The maximum atomic E-state index is 12.8. The molecule has 3 rings (SSSR count). The summed E-state index contributed by atoms with van der Waals surface area (Å²) in [4.78, 5) is 6.47. The van der Waals surface area contributed by atoms with Gasteiger partial charge in [-0.15, -0.1) is 0 Å². The summed E-state index contributed by atoms with van der Waals surface area (Å²) in [7, 11) is -3.24. The highest BCUT2D eigenvalue weighted by Gasteiger charge is 2.36. The number of ether oxygens (including phenoxy) is 1. The molecular weight excluding hydrogens is 318 g/mol. The predicted octanol–water partition coefficient (Wildman–Crippen LogP) is -0.0756. The summed E-state index contributed by atoms with van der Waals surface area (Å²) in [5.74, 6) is 0.900. The van der Waals surface area contributed by atoms with Crippen molar-refractivity contribution in [2.75, 3.05) is 39.4 Å². The summed E-state index contributed by atoms with van der Waals surface area (Å²) in [5.41, 5.74) is 0. The summed E-state index contributed by atoms with van der Waals surface area (Å²) in [6.45, 7) is 6.88. The molecule has 0 aliphatic carbocycles. The molecule has 0 spiro atoms. The van der Waals surface area contributed by atoms with E-state index in [0.717, 1.165) is 31.8 Å². The normalized spacial score (nSPS) is 24.8. The van der Waals surface area contributed by atoms with Crippen molar-refractivity contribution >= 4 is 10.0 Å². The van der Waals surface area contributed by atoms with Crippen LogP contribution in [0.1, 0.15) is 25.6 Å². The molecule has 1 aromatic rings. The van der Waals surface area contributed by atoms with Crippen LogP contribution in [0.2, 0.25) is 0 Å². The number of aryl methyl sites for hydroxylation is 1. The zero-order chi connectivity index (χ0) is 16.3. The van der Waals surface area contributed by atoms with E-state index < -0.39 is 10.0 Å². The first-order chi connectivity index (χ1) is 11.1. The van der Waals surface area contributed by atoms with Crippen molar-refractivity contribution in [2.24, 2.45) is 0 Å². The SMILES string of the molecule is CCn1ncnc1CN1CCCC(S(=O)(=O)N2CCOCC2)C1. The molecule has 130 valence electrons. The number of piperidine rings is 1. The van der Waals surface area contributed by atoms with E-state index in [-0.39, 0.29) is 5.25 Å². The molecule has 9 heteroatoms. The zero-order valence-electron chi connectivity index (χ0n) is 13.6. The second-order valence-electron chi connectivity index (χ2n) is 6.05. The summed E-state index contributed by atoms with van der Waals surface area (Å²) >= 11 is 0. The summed E-state index contributed by atoms with van der Waals surface area (Å²) in [5, 5.41) is 3.85. The first-order valence-electron chi connectivity index (χ1n) is 8.27. The Morgan fingerprint density at radius 1 is 1.30 bits per heavy atom. The van der Waals surface area contributed by atoms with Gasteiger partial charge < -0.3 is 4.74 Å². The van der Waals surface area contributed by atoms with Crippen molar-refractivity contribution in [3.63, 3.8) is 0 Å². The fourth-order valence-corrected chi connectivity index (χ4v) is 5.23. The average molecular weight is 343 g/mol. The van der Waals surface area contributed by atoms with Gasteiger partial charge in [-0.3, -0.25) is 4.90 Å². The lowest BCUT2D eigenvalue weighted by Crippen LogP contribution is -2.50. The lowest BCUT2D eigenvalue weighted by atomic mass is 10.1. The van der Waals surface area contributed by atoms with Gasteiger partial charge in [0.05, 0.1) is 25.0 Å². The Morgan fingerprint density at radius 3 is 2.83 bits per heavy atom. The van der Waals surface area contributed by atoms with Crippen molar-refractivity contribution in [3.05, 3.63) is 12.2 Å². The first kappa shape index (κ1) is 16.8. The van der Waals surface area contributed by atoms with E-state index in [1.54, 1.807) is 10.6 Å². The quantitative estimate of drug-likeness (QED) is 0.744. The molecule has 1 unspecified atom stereocenters. The van der Waals surface area contributed by atoms with Crippen LogP contribution in [0.4, 0.5) is 0 Å². The molecule has 2 fully saturated rings. The van der Waals surface area contributed by atoms with E-state index in [1.165, 1.54) is 0 Å². The van der Waals surface area contributed by atoms with Crippen LogP contribution in [0, 0.1) is 0 Å². The number of hydrogen-bond acceptors (Lipinski definition) is 6. The topological polar surface area (TPSA) is 80.6 Å². The number of sulfonamides is 1. The molecule has 2 aliphatic rings. The van der Waals surface area contributed by atoms with Crippen LogP contribution in [0.25, 0.3) is 0 Å². The molecule has 0 radical (unpaired) electrons. The predicted molar refractivity (Wildman–Crippen MR) is 85.3 cm³/mol. The summed E-state index contributed by atoms with van der Waals surface area (Å²) in [6, 6.07) is 0. The molecule has 2 saturated heterocycles. The lowest BCUT2D eigenvalue weighted by Gasteiger charge is -2.36. The van der Waals surface area contributed by atoms with E-state index in [0.29, 0.717) is 39.4 Å². The Morgan fingerprint density at radius 2 is 2.09 bits per heavy atom. The van der Waals surface area contributed by atoms with Gasteiger partial charge in [-0.25, -0.2) is 18.1 Å². The number of aromatic nitrogens is 3. The van der Waals surface area contributed by atoms with E-state index in [9.17, 15) is 8.42 Å². The molecule has 8 nitrogen and oxygen atoms in total. The fraction of sp³-hybridized carbons (Fsp3) is 0.857. The molecule has 0 bridgehead atoms. The standard InChI is InChI=1S/C14H25N5O3S/c1-2-19-14(15-12-16-19)11-17-5-3-4-13(10-17)23(20,21)18-6-8-22-9-7-18/h12-13H,2-11H2,1H3. The highest BCUT2D eigenvalue weighted by molar-refractivity contribution is 7.89. The Balaban J connectivity index is 1.65. The van der Waals surface area contributed by atoms with E-state index in [1.807, 2.05) is 11.6 Å². The van der Waals surface area contributed by atoms with Gasteiger partial charge in [-0.2, -0.15) is 9.40 Å². The smallest absolute Gasteiger partial charge is 0.218 e. The molecule has 0 saturated carbocycles. The molecule has 0 aromatic carbocycles.